The van der Waals surface area contributed by atoms with Crippen molar-refractivity contribution >= 4 is 28.5 Å². The molecule has 0 amide bonds. The predicted octanol–water partition coefficient (Wildman–Crippen LogP) is 2.18. The Morgan fingerprint density at radius 1 is 1.42 bits per heavy atom. The third-order valence-electron chi connectivity index (χ3n) is 4.37. The first-order valence-corrected chi connectivity index (χ1v) is 8.02. The minimum absolute atomic E-state index is 0.0119. The number of aromatic carboxylic acids is 1. The van der Waals surface area contributed by atoms with Gasteiger partial charge in [-0.2, -0.15) is 0 Å². The highest BCUT2D eigenvalue weighted by Gasteiger charge is 2.30. The second-order valence-corrected chi connectivity index (χ2v) is 6.49. The van der Waals surface area contributed by atoms with Gasteiger partial charge in [-0.3, -0.25) is 4.79 Å². The van der Waals surface area contributed by atoms with Crippen LogP contribution in [0, 0.1) is 5.82 Å². The zero-order chi connectivity index (χ0) is 17.0. The van der Waals surface area contributed by atoms with Gasteiger partial charge in [-0.15, -0.1) is 0 Å². The van der Waals surface area contributed by atoms with E-state index in [2.05, 4.69) is 5.32 Å². The molecule has 126 valence electrons. The van der Waals surface area contributed by atoms with Crippen molar-refractivity contribution in [3.8, 4) is 5.75 Å². The molecule has 0 atom stereocenters. The highest BCUT2D eigenvalue weighted by atomic mass is 35.5. The van der Waals surface area contributed by atoms with E-state index < -0.39 is 17.2 Å². The lowest BCUT2D eigenvalue weighted by molar-refractivity contribution is 0.0695. The van der Waals surface area contributed by atoms with E-state index in [1.54, 1.807) is 4.57 Å². The Labute approximate surface area is 140 Å². The SMILES string of the molecule is O=C(O)c1cn(C2CC2)c2c(Cl)c(OC3CNC3)c(F)cc2c1=O. The van der Waals surface area contributed by atoms with Crippen LogP contribution in [0.1, 0.15) is 29.2 Å². The van der Waals surface area contributed by atoms with Gasteiger partial charge in [0, 0.05) is 25.3 Å². The highest BCUT2D eigenvalue weighted by molar-refractivity contribution is 6.36. The Bertz CT molecular complexity index is 919. The first kappa shape index (κ1) is 15.4. The number of pyridine rings is 1. The lowest BCUT2D eigenvalue weighted by Gasteiger charge is -2.28. The molecule has 0 bridgehead atoms. The van der Waals surface area contributed by atoms with Crippen LogP contribution in [0.15, 0.2) is 17.1 Å². The van der Waals surface area contributed by atoms with Gasteiger partial charge in [0.2, 0.25) is 5.43 Å². The molecule has 6 nitrogen and oxygen atoms in total. The average Bonchev–Trinajstić information content (AvgIpc) is 3.30. The summed E-state index contributed by atoms with van der Waals surface area (Å²) in [6.45, 7) is 1.20. The molecule has 4 rings (SSSR count). The number of nitrogens with one attached hydrogen (secondary N) is 1. The van der Waals surface area contributed by atoms with Gasteiger partial charge in [-0.1, -0.05) is 11.6 Å². The summed E-state index contributed by atoms with van der Waals surface area (Å²) in [6, 6.07) is 1.09. The van der Waals surface area contributed by atoms with Crippen LogP contribution in [0.25, 0.3) is 10.9 Å². The minimum Gasteiger partial charge on any atom is -0.483 e. The second-order valence-electron chi connectivity index (χ2n) is 6.11. The zero-order valence-electron chi connectivity index (χ0n) is 12.5. The number of aromatic nitrogens is 1. The summed E-state index contributed by atoms with van der Waals surface area (Å²) in [5.41, 5.74) is -0.799. The summed E-state index contributed by atoms with van der Waals surface area (Å²) in [7, 11) is 0. The summed E-state index contributed by atoms with van der Waals surface area (Å²) in [5.74, 6) is -2.19. The van der Waals surface area contributed by atoms with E-state index in [1.165, 1.54) is 6.20 Å². The lowest BCUT2D eigenvalue weighted by atomic mass is 10.1. The van der Waals surface area contributed by atoms with Gasteiger partial charge in [0.05, 0.1) is 10.9 Å². The maximum absolute atomic E-state index is 14.4. The van der Waals surface area contributed by atoms with Crippen LogP contribution in [0.5, 0.6) is 5.75 Å². The number of hydrogen-bond acceptors (Lipinski definition) is 4. The van der Waals surface area contributed by atoms with E-state index in [1.807, 2.05) is 0 Å². The van der Waals surface area contributed by atoms with Crippen LogP contribution in [-0.4, -0.2) is 34.8 Å². The second kappa shape index (κ2) is 5.46. The maximum atomic E-state index is 14.4. The molecule has 0 unspecified atom stereocenters. The largest absolute Gasteiger partial charge is 0.483 e. The molecular weight excluding hydrogens is 339 g/mol. The van der Waals surface area contributed by atoms with Crippen molar-refractivity contribution in [1.82, 2.24) is 9.88 Å². The summed E-state index contributed by atoms with van der Waals surface area (Å²) < 4.78 is 21.7. The first-order chi connectivity index (χ1) is 11.5. The van der Waals surface area contributed by atoms with E-state index in [9.17, 15) is 19.1 Å². The fourth-order valence-corrected chi connectivity index (χ4v) is 3.17. The average molecular weight is 353 g/mol. The zero-order valence-corrected chi connectivity index (χ0v) is 13.3. The van der Waals surface area contributed by atoms with E-state index in [-0.39, 0.29) is 33.9 Å². The number of carboxylic acids is 1. The minimum atomic E-state index is -1.34. The maximum Gasteiger partial charge on any atom is 0.341 e. The Balaban J connectivity index is 1.99. The number of hydrogen-bond donors (Lipinski definition) is 2. The van der Waals surface area contributed by atoms with Crippen LogP contribution >= 0.6 is 11.6 Å². The molecule has 1 aliphatic carbocycles. The number of nitrogens with zero attached hydrogens (tertiary/aromatic N) is 1. The molecule has 2 heterocycles. The van der Waals surface area contributed by atoms with Crippen molar-refractivity contribution < 1.29 is 19.0 Å². The summed E-state index contributed by atoms with van der Waals surface area (Å²) in [4.78, 5) is 23.7. The molecule has 1 aromatic carbocycles. The number of rotatable bonds is 4. The van der Waals surface area contributed by atoms with Crippen molar-refractivity contribution in [3.63, 3.8) is 0 Å². The molecule has 1 aliphatic heterocycles. The molecule has 2 aliphatic rings. The molecule has 0 spiro atoms. The number of benzene rings is 1. The molecule has 2 N–H and O–H groups in total. The summed E-state index contributed by atoms with van der Waals surface area (Å²) in [6.07, 6.45) is 2.83. The molecule has 1 saturated heterocycles. The van der Waals surface area contributed by atoms with Gasteiger partial charge in [-0.25, -0.2) is 9.18 Å². The number of ether oxygens (including phenoxy) is 1. The molecule has 2 aromatic rings. The monoisotopic (exact) mass is 352 g/mol. The van der Waals surface area contributed by atoms with Gasteiger partial charge in [0.25, 0.3) is 0 Å². The molecule has 1 saturated carbocycles. The summed E-state index contributed by atoms with van der Waals surface area (Å²) in [5, 5.41) is 12.2. The smallest absolute Gasteiger partial charge is 0.341 e. The fraction of sp³-hybridized carbons (Fsp3) is 0.375. The predicted molar refractivity (Wildman–Crippen MR) is 85.7 cm³/mol. The van der Waals surface area contributed by atoms with E-state index >= 15 is 0 Å². The number of carbonyl (C=O) groups is 1. The van der Waals surface area contributed by atoms with Gasteiger partial charge >= 0.3 is 5.97 Å². The van der Waals surface area contributed by atoms with Crippen molar-refractivity contribution in [1.29, 1.82) is 0 Å². The molecule has 8 heteroatoms. The number of carboxylic acid groups (broad SMARTS) is 1. The quantitative estimate of drug-likeness (QED) is 0.881. The van der Waals surface area contributed by atoms with E-state index in [0.717, 1.165) is 18.9 Å². The van der Waals surface area contributed by atoms with Crippen LogP contribution in [-0.2, 0) is 0 Å². The van der Waals surface area contributed by atoms with Crippen LogP contribution in [0.3, 0.4) is 0 Å². The Hall–Kier alpha value is -2.12. The number of fused-ring (bicyclic) bond motifs is 1. The Morgan fingerprint density at radius 2 is 2.12 bits per heavy atom. The van der Waals surface area contributed by atoms with Crippen molar-refractivity contribution in [2.75, 3.05) is 13.1 Å². The lowest BCUT2D eigenvalue weighted by Crippen LogP contribution is -2.50. The highest BCUT2D eigenvalue weighted by Crippen LogP contribution is 2.42. The van der Waals surface area contributed by atoms with Gasteiger partial charge in [0.1, 0.15) is 16.7 Å². The molecular formula is C16H14ClFN2O4. The van der Waals surface area contributed by atoms with Gasteiger partial charge in [-0.05, 0) is 18.9 Å². The van der Waals surface area contributed by atoms with Crippen molar-refractivity contribution in [2.24, 2.45) is 0 Å². The summed E-state index contributed by atoms with van der Waals surface area (Å²) >= 11 is 6.36. The van der Waals surface area contributed by atoms with Crippen molar-refractivity contribution in [2.45, 2.75) is 25.0 Å². The molecule has 2 fully saturated rings. The molecule has 1 aromatic heterocycles. The van der Waals surface area contributed by atoms with Crippen molar-refractivity contribution in [3.05, 3.63) is 38.9 Å². The van der Waals surface area contributed by atoms with E-state index in [0.29, 0.717) is 18.6 Å². The normalized spacial score (nSPS) is 17.8. The Morgan fingerprint density at radius 3 is 2.67 bits per heavy atom. The van der Waals surface area contributed by atoms with Crippen LogP contribution < -0.4 is 15.5 Å². The standard InChI is InChI=1S/C16H14ClFN2O4/c17-12-13-9(3-11(18)15(12)24-8-4-19-5-8)14(21)10(16(22)23)6-20(13)7-1-2-7/h3,6-8,19H,1-2,4-5H2,(H,22,23). The molecule has 24 heavy (non-hydrogen) atoms. The van der Waals surface area contributed by atoms with Gasteiger partial charge in [0.15, 0.2) is 11.6 Å². The number of halogens is 2. The third kappa shape index (κ3) is 2.35. The topological polar surface area (TPSA) is 80.6 Å². The van der Waals surface area contributed by atoms with Crippen LogP contribution in [0.2, 0.25) is 5.02 Å². The van der Waals surface area contributed by atoms with Crippen LogP contribution in [0.4, 0.5) is 4.39 Å². The first-order valence-electron chi connectivity index (χ1n) is 7.65. The molecule has 0 radical (unpaired) electrons. The Kier molecular flexibility index (Phi) is 3.51. The van der Waals surface area contributed by atoms with E-state index in [4.69, 9.17) is 16.3 Å². The fourth-order valence-electron chi connectivity index (χ4n) is 2.84. The van der Waals surface area contributed by atoms with Gasteiger partial charge < -0.3 is 19.7 Å². The third-order valence-corrected chi connectivity index (χ3v) is 4.72.